The number of benzene rings is 1. The van der Waals surface area contributed by atoms with Crippen LogP contribution in [0.15, 0.2) is 24.3 Å². The Bertz CT molecular complexity index is 465. The van der Waals surface area contributed by atoms with Crippen LogP contribution in [0.25, 0.3) is 0 Å². The van der Waals surface area contributed by atoms with E-state index in [9.17, 15) is 9.59 Å². The highest BCUT2D eigenvalue weighted by atomic mass is 35.5. The molecule has 104 valence electrons. The quantitative estimate of drug-likeness (QED) is 0.828. The molecular weight excluding hydrogens is 268 g/mol. The minimum absolute atomic E-state index is 0.00939. The molecule has 0 bridgehead atoms. The number of carbonyl (C=O) groups is 2. The van der Waals surface area contributed by atoms with E-state index in [1.165, 1.54) is 11.8 Å². The van der Waals surface area contributed by atoms with Gasteiger partial charge in [0.2, 0.25) is 5.91 Å². The summed E-state index contributed by atoms with van der Waals surface area (Å²) in [5.74, 6) is -1.15. The highest BCUT2D eigenvalue weighted by Crippen LogP contribution is 2.12. The van der Waals surface area contributed by atoms with Crippen molar-refractivity contribution < 1.29 is 14.7 Å². The number of carbonyl (C=O) groups excluding carboxylic acids is 1. The summed E-state index contributed by atoms with van der Waals surface area (Å²) in [5.41, 5.74) is 0.926. The monoisotopic (exact) mass is 284 g/mol. The highest BCUT2D eigenvalue weighted by molar-refractivity contribution is 6.30. The minimum atomic E-state index is -0.981. The zero-order valence-corrected chi connectivity index (χ0v) is 11.6. The Hall–Kier alpha value is -1.59. The van der Waals surface area contributed by atoms with Crippen LogP contribution in [0, 0.1) is 0 Å². The van der Waals surface area contributed by atoms with Gasteiger partial charge in [0.1, 0.15) is 6.04 Å². The SMILES string of the molecule is CC(NCC(=O)N(C)Cc1cccc(Cl)c1)C(=O)O. The van der Waals surface area contributed by atoms with E-state index in [2.05, 4.69) is 5.32 Å². The molecule has 6 heteroatoms. The molecule has 0 saturated heterocycles. The largest absolute Gasteiger partial charge is 0.480 e. The fraction of sp³-hybridized carbons (Fsp3) is 0.385. The Kier molecular flexibility index (Phi) is 5.79. The van der Waals surface area contributed by atoms with Crippen LogP contribution in [0.4, 0.5) is 0 Å². The van der Waals surface area contributed by atoms with Crippen molar-refractivity contribution in [3.63, 3.8) is 0 Å². The first-order valence-corrected chi connectivity index (χ1v) is 6.22. The number of hydrogen-bond donors (Lipinski definition) is 2. The molecule has 2 N–H and O–H groups in total. The van der Waals surface area contributed by atoms with Crippen molar-refractivity contribution in [3.05, 3.63) is 34.9 Å². The first-order chi connectivity index (χ1) is 8.90. The zero-order chi connectivity index (χ0) is 14.4. The van der Waals surface area contributed by atoms with Gasteiger partial charge in [-0.1, -0.05) is 23.7 Å². The second-order valence-corrected chi connectivity index (χ2v) is 4.76. The summed E-state index contributed by atoms with van der Waals surface area (Å²) in [4.78, 5) is 23.9. The summed E-state index contributed by atoms with van der Waals surface area (Å²) in [6, 6.07) is 6.51. The summed E-state index contributed by atoms with van der Waals surface area (Å²) in [7, 11) is 1.66. The Morgan fingerprint density at radius 2 is 2.16 bits per heavy atom. The lowest BCUT2D eigenvalue weighted by Crippen LogP contribution is -2.41. The Labute approximate surface area is 117 Å². The second kappa shape index (κ2) is 7.11. The molecular formula is C13H17ClN2O3. The second-order valence-electron chi connectivity index (χ2n) is 4.32. The number of nitrogens with zero attached hydrogens (tertiary/aromatic N) is 1. The summed E-state index contributed by atoms with van der Waals surface area (Å²) >= 11 is 5.86. The van der Waals surface area contributed by atoms with Crippen molar-refractivity contribution in [2.24, 2.45) is 0 Å². The van der Waals surface area contributed by atoms with Crippen LogP contribution in [-0.4, -0.2) is 41.5 Å². The van der Waals surface area contributed by atoms with Gasteiger partial charge in [-0.2, -0.15) is 0 Å². The molecule has 0 aromatic heterocycles. The van der Waals surface area contributed by atoms with E-state index in [1.807, 2.05) is 12.1 Å². The van der Waals surface area contributed by atoms with Crippen LogP contribution in [0.3, 0.4) is 0 Å². The summed E-state index contributed by atoms with van der Waals surface area (Å²) in [6.45, 7) is 1.92. The number of rotatable bonds is 6. The third kappa shape index (κ3) is 5.28. The van der Waals surface area contributed by atoms with Gasteiger partial charge in [0.25, 0.3) is 0 Å². The summed E-state index contributed by atoms with van der Waals surface area (Å²) < 4.78 is 0. The van der Waals surface area contributed by atoms with Crippen LogP contribution >= 0.6 is 11.6 Å². The van der Waals surface area contributed by atoms with Crippen molar-refractivity contribution in [3.8, 4) is 0 Å². The van der Waals surface area contributed by atoms with Gasteiger partial charge in [-0.15, -0.1) is 0 Å². The lowest BCUT2D eigenvalue weighted by Gasteiger charge is -2.18. The van der Waals surface area contributed by atoms with Gasteiger partial charge in [-0.3, -0.25) is 14.9 Å². The van der Waals surface area contributed by atoms with E-state index in [0.717, 1.165) is 5.56 Å². The van der Waals surface area contributed by atoms with Crippen LogP contribution in [0.5, 0.6) is 0 Å². The molecule has 0 aliphatic heterocycles. The number of nitrogens with one attached hydrogen (secondary N) is 1. The summed E-state index contributed by atoms with van der Waals surface area (Å²) in [5, 5.41) is 12.0. The van der Waals surface area contributed by atoms with Crippen molar-refractivity contribution in [1.82, 2.24) is 10.2 Å². The number of carboxylic acids is 1. The third-order valence-corrected chi connectivity index (χ3v) is 2.90. The predicted octanol–water partition coefficient (Wildman–Crippen LogP) is 1.36. The summed E-state index contributed by atoms with van der Waals surface area (Å²) in [6.07, 6.45) is 0. The molecule has 0 saturated carbocycles. The van der Waals surface area contributed by atoms with Crippen molar-refractivity contribution >= 4 is 23.5 Å². The number of amides is 1. The number of carboxylic acid groups (broad SMARTS) is 1. The van der Waals surface area contributed by atoms with Gasteiger partial charge in [0.15, 0.2) is 0 Å². The van der Waals surface area contributed by atoms with Gasteiger partial charge < -0.3 is 10.0 Å². The molecule has 5 nitrogen and oxygen atoms in total. The van der Waals surface area contributed by atoms with Crippen LogP contribution in [0.2, 0.25) is 5.02 Å². The topological polar surface area (TPSA) is 69.6 Å². The number of hydrogen-bond acceptors (Lipinski definition) is 3. The molecule has 0 heterocycles. The Morgan fingerprint density at radius 3 is 2.74 bits per heavy atom. The molecule has 0 radical (unpaired) electrons. The zero-order valence-electron chi connectivity index (χ0n) is 10.9. The van der Waals surface area contributed by atoms with E-state index < -0.39 is 12.0 Å². The molecule has 1 atom stereocenters. The molecule has 1 amide bonds. The lowest BCUT2D eigenvalue weighted by molar-refractivity contribution is -0.139. The van der Waals surface area contributed by atoms with E-state index in [0.29, 0.717) is 11.6 Å². The maximum atomic E-state index is 11.8. The molecule has 1 aromatic rings. The molecule has 0 fully saturated rings. The molecule has 19 heavy (non-hydrogen) atoms. The molecule has 1 rings (SSSR count). The van der Waals surface area contributed by atoms with E-state index in [-0.39, 0.29) is 12.5 Å². The predicted molar refractivity (Wildman–Crippen MR) is 73.0 cm³/mol. The van der Waals surface area contributed by atoms with E-state index in [4.69, 9.17) is 16.7 Å². The first kappa shape index (κ1) is 15.5. The normalized spacial score (nSPS) is 11.9. The molecule has 1 aromatic carbocycles. The average molecular weight is 285 g/mol. The van der Waals surface area contributed by atoms with Gasteiger partial charge in [0.05, 0.1) is 6.54 Å². The van der Waals surface area contributed by atoms with Crippen LogP contribution < -0.4 is 5.32 Å². The smallest absolute Gasteiger partial charge is 0.320 e. The molecule has 0 spiro atoms. The van der Waals surface area contributed by atoms with Gasteiger partial charge in [0, 0.05) is 18.6 Å². The van der Waals surface area contributed by atoms with E-state index >= 15 is 0 Å². The van der Waals surface area contributed by atoms with Gasteiger partial charge >= 0.3 is 5.97 Å². The minimum Gasteiger partial charge on any atom is -0.480 e. The fourth-order valence-corrected chi connectivity index (χ4v) is 1.67. The van der Waals surface area contributed by atoms with Crippen LogP contribution in [-0.2, 0) is 16.1 Å². The maximum Gasteiger partial charge on any atom is 0.320 e. The average Bonchev–Trinajstić information content (AvgIpc) is 2.35. The van der Waals surface area contributed by atoms with Gasteiger partial charge in [-0.25, -0.2) is 0 Å². The number of aliphatic carboxylic acids is 1. The molecule has 0 aliphatic rings. The maximum absolute atomic E-state index is 11.8. The van der Waals surface area contributed by atoms with Crippen molar-refractivity contribution in [2.45, 2.75) is 19.5 Å². The number of likely N-dealkylation sites (N-methyl/N-ethyl adjacent to an activating group) is 1. The molecule has 1 unspecified atom stereocenters. The number of halogens is 1. The van der Waals surface area contributed by atoms with Crippen molar-refractivity contribution in [2.75, 3.05) is 13.6 Å². The third-order valence-electron chi connectivity index (χ3n) is 2.66. The van der Waals surface area contributed by atoms with E-state index in [1.54, 1.807) is 19.2 Å². The Morgan fingerprint density at radius 1 is 1.47 bits per heavy atom. The lowest BCUT2D eigenvalue weighted by atomic mass is 10.2. The highest BCUT2D eigenvalue weighted by Gasteiger charge is 2.14. The van der Waals surface area contributed by atoms with Crippen LogP contribution in [0.1, 0.15) is 12.5 Å². The fourth-order valence-electron chi connectivity index (χ4n) is 1.46. The first-order valence-electron chi connectivity index (χ1n) is 5.84. The van der Waals surface area contributed by atoms with Crippen molar-refractivity contribution in [1.29, 1.82) is 0 Å². The van der Waals surface area contributed by atoms with Gasteiger partial charge in [-0.05, 0) is 24.6 Å². The Balaban J connectivity index is 2.47. The molecule has 0 aliphatic carbocycles. The standard InChI is InChI=1S/C13H17ClN2O3/c1-9(13(18)19)15-7-12(17)16(2)8-10-4-3-5-11(14)6-10/h3-6,9,15H,7-8H2,1-2H3,(H,18,19).